The van der Waals surface area contributed by atoms with Crippen LogP contribution in [-0.2, 0) is 4.79 Å². The van der Waals surface area contributed by atoms with Crippen molar-refractivity contribution in [2.45, 2.75) is 27.2 Å². The maximum atomic E-state index is 13.1. The molecule has 2 aromatic carbocycles. The van der Waals surface area contributed by atoms with E-state index in [1.807, 2.05) is 38.1 Å². The first-order valence-electron chi connectivity index (χ1n) is 10.8. The van der Waals surface area contributed by atoms with Crippen molar-refractivity contribution in [3.63, 3.8) is 0 Å². The molecule has 0 saturated heterocycles. The fourth-order valence-corrected chi connectivity index (χ4v) is 3.97. The summed E-state index contributed by atoms with van der Waals surface area (Å²) in [6.45, 7) is 6.17. The van der Waals surface area contributed by atoms with Crippen LogP contribution in [0, 0.1) is 13.8 Å². The van der Waals surface area contributed by atoms with Gasteiger partial charge in [-0.15, -0.1) is 0 Å². The van der Waals surface area contributed by atoms with Gasteiger partial charge in [0.05, 0.1) is 23.6 Å². The van der Waals surface area contributed by atoms with E-state index >= 15 is 0 Å². The Bertz CT molecular complexity index is 1240. The number of aromatic nitrogens is 1. The van der Waals surface area contributed by atoms with Gasteiger partial charge in [0.15, 0.2) is 16.0 Å². The summed E-state index contributed by atoms with van der Waals surface area (Å²) in [7, 11) is 0. The van der Waals surface area contributed by atoms with Crippen molar-refractivity contribution in [2.24, 2.45) is 10.8 Å². The predicted molar refractivity (Wildman–Crippen MR) is 144 cm³/mol. The number of aryl methyl sites for hydroxylation is 2. The number of benzene rings is 2. The zero-order chi connectivity index (χ0) is 25.4. The molecule has 35 heavy (non-hydrogen) atoms. The van der Waals surface area contributed by atoms with Gasteiger partial charge in [0, 0.05) is 11.4 Å². The molecule has 0 aliphatic carbocycles. The molecule has 0 radical (unpaired) electrons. The average Bonchev–Trinajstić information content (AvgIpc) is 3.19. The summed E-state index contributed by atoms with van der Waals surface area (Å²) >= 11 is 6.00. The quantitative estimate of drug-likeness (QED) is 0.137. The van der Waals surface area contributed by atoms with E-state index in [-0.39, 0.29) is 23.0 Å². The number of hydrogen-bond acceptors (Lipinski definition) is 8. The van der Waals surface area contributed by atoms with E-state index in [0.29, 0.717) is 33.7 Å². The van der Waals surface area contributed by atoms with Gasteiger partial charge in [-0.3, -0.25) is 15.0 Å². The number of anilines is 3. The van der Waals surface area contributed by atoms with E-state index in [0.717, 1.165) is 11.3 Å². The van der Waals surface area contributed by atoms with Crippen LogP contribution in [0.1, 0.15) is 34.3 Å². The molecule has 1 aromatic heterocycles. The Kier molecular flexibility index (Phi) is 8.87. The number of Topliss-reactive ketones (excluding diaryl/α,β-unsaturated/α-hetero) is 1. The highest BCUT2D eigenvalue weighted by atomic mass is 32.1. The molecule has 1 amide bonds. The zero-order valence-corrected chi connectivity index (χ0v) is 21.2. The topological polar surface area (TPSA) is 131 Å². The Morgan fingerprint density at radius 2 is 1.74 bits per heavy atom. The number of hydrogen-bond donors (Lipinski definition) is 4. The number of nitrogens with zero attached hydrogens (tertiary/aromatic N) is 2. The van der Waals surface area contributed by atoms with E-state index in [4.69, 9.17) is 22.7 Å². The van der Waals surface area contributed by atoms with Crippen molar-refractivity contribution in [2.75, 3.05) is 17.2 Å². The Balaban J connectivity index is 1.73. The van der Waals surface area contributed by atoms with Crippen LogP contribution < -0.4 is 26.5 Å². The summed E-state index contributed by atoms with van der Waals surface area (Å²) < 4.78 is 5.41. The fourth-order valence-electron chi connectivity index (χ4n) is 3.00. The second kappa shape index (κ2) is 12.0. The largest absolute Gasteiger partial charge is 0.494 e. The number of nitrogens with one attached hydrogen (secondary N) is 3. The smallest absolute Gasteiger partial charge is 0.272 e. The summed E-state index contributed by atoms with van der Waals surface area (Å²) in [4.78, 5) is 30.8. The number of amides is 1. The van der Waals surface area contributed by atoms with E-state index in [2.05, 4.69) is 26.1 Å². The molecular formula is C24H26N6O3S2. The van der Waals surface area contributed by atoms with Crippen molar-refractivity contribution < 1.29 is 14.3 Å². The van der Waals surface area contributed by atoms with E-state index < -0.39 is 5.91 Å². The standard InChI is InChI=1S/C24H26N6O3S2/c1-4-33-18-11-9-16(10-12-18)27-22(32)19(29-30-23(25)34)13-20(31)21-15(3)26-24(35-21)28-17-7-5-14(2)6-8-17/h5-12H,4,13H2,1-3H3,(H,26,28)(H,27,32)(H3,25,30,34)/b29-19+. The minimum absolute atomic E-state index is 0.0717. The molecule has 0 aliphatic heterocycles. The molecule has 0 fully saturated rings. The lowest BCUT2D eigenvalue weighted by Crippen LogP contribution is -2.31. The first-order valence-corrected chi connectivity index (χ1v) is 12.0. The second-order valence-electron chi connectivity index (χ2n) is 7.47. The zero-order valence-electron chi connectivity index (χ0n) is 19.5. The van der Waals surface area contributed by atoms with Crippen LogP contribution in [0.2, 0.25) is 0 Å². The number of ketones is 1. The van der Waals surface area contributed by atoms with Gasteiger partial charge in [0.25, 0.3) is 5.91 Å². The van der Waals surface area contributed by atoms with Crippen LogP contribution in [0.15, 0.2) is 53.6 Å². The molecular weight excluding hydrogens is 484 g/mol. The molecule has 5 N–H and O–H groups in total. The maximum Gasteiger partial charge on any atom is 0.272 e. The highest BCUT2D eigenvalue weighted by molar-refractivity contribution is 7.80. The molecule has 0 bridgehead atoms. The fraction of sp³-hybridized carbons (Fsp3) is 0.208. The molecule has 0 spiro atoms. The van der Waals surface area contributed by atoms with Crippen molar-refractivity contribution in [3.05, 3.63) is 64.7 Å². The van der Waals surface area contributed by atoms with Gasteiger partial charge in [-0.05, 0) is 69.4 Å². The summed E-state index contributed by atoms with van der Waals surface area (Å²) in [5.41, 5.74) is 10.9. The van der Waals surface area contributed by atoms with Crippen LogP contribution in [0.25, 0.3) is 0 Å². The summed E-state index contributed by atoms with van der Waals surface area (Å²) in [6.07, 6.45) is -0.272. The Morgan fingerprint density at radius 3 is 2.37 bits per heavy atom. The average molecular weight is 511 g/mol. The number of carbonyl (C=O) groups excluding carboxylic acids is 2. The van der Waals surface area contributed by atoms with Crippen LogP contribution in [0.4, 0.5) is 16.5 Å². The Morgan fingerprint density at radius 1 is 1.09 bits per heavy atom. The Hall–Kier alpha value is -3.83. The summed E-state index contributed by atoms with van der Waals surface area (Å²) in [5.74, 6) is -0.186. The van der Waals surface area contributed by atoms with Crippen LogP contribution in [0.3, 0.4) is 0 Å². The lowest BCUT2D eigenvalue weighted by molar-refractivity contribution is -0.110. The second-order valence-corrected chi connectivity index (χ2v) is 8.91. The predicted octanol–water partition coefficient (Wildman–Crippen LogP) is 4.30. The summed E-state index contributed by atoms with van der Waals surface area (Å²) in [5, 5.41) is 10.3. The monoisotopic (exact) mass is 510 g/mol. The van der Waals surface area contributed by atoms with Crippen LogP contribution in [-0.4, -0.2) is 34.1 Å². The van der Waals surface area contributed by atoms with Crippen molar-refractivity contribution in [1.82, 2.24) is 10.4 Å². The van der Waals surface area contributed by atoms with Crippen molar-refractivity contribution in [1.29, 1.82) is 0 Å². The first-order chi connectivity index (χ1) is 16.7. The first kappa shape index (κ1) is 25.8. The van der Waals surface area contributed by atoms with Gasteiger partial charge in [0.1, 0.15) is 11.5 Å². The maximum absolute atomic E-state index is 13.1. The van der Waals surface area contributed by atoms with E-state index in [1.165, 1.54) is 11.3 Å². The van der Waals surface area contributed by atoms with Crippen LogP contribution >= 0.6 is 23.6 Å². The number of carbonyl (C=O) groups is 2. The molecule has 3 rings (SSSR count). The van der Waals surface area contributed by atoms with E-state index in [9.17, 15) is 9.59 Å². The highest BCUT2D eigenvalue weighted by Crippen LogP contribution is 2.27. The molecule has 182 valence electrons. The Labute approximate surface area is 212 Å². The lowest BCUT2D eigenvalue weighted by Gasteiger charge is -2.09. The molecule has 0 aliphatic rings. The molecule has 0 saturated carbocycles. The van der Waals surface area contributed by atoms with Gasteiger partial charge in [-0.2, -0.15) is 5.10 Å². The number of nitrogens with two attached hydrogens (primary N) is 1. The SMILES string of the molecule is CCOc1ccc(NC(=O)/C(CC(=O)c2sc(Nc3ccc(C)cc3)nc2C)=N/NC(N)=S)cc1. The van der Waals surface area contributed by atoms with Crippen LogP contribution in [0.5, 0.6) is 5.75 Å². The van der Waals surface area contributed by atoms with Crippen molar-refractivity contribution in [3.8, 4) is 5.75 Å². The minimum atomic E-state index is -0.563. The molecule has 3 aromatic rings. The normalized spacial score (nSPS) is 11.0. The van der Waals surface area contributed by atoms with E-state index in [1.54, 1.807) is 31.2 Å². The molecule has 1 heterocycles. The third-order valence-electron chi connectivity index (χ3n) is 4.67. The highest BCUT2D eigenvalue weighted by Gasteiger charge is 2.22. The van der Waals surface area contributed by atoms with Gasteiger partial charge >= 0.3 is 0 Å². The summed E-state index contributed by atoms with van der Waals surface area (Å²) in [6, 6.07) is 14.7. The van der Waals surface area contributed by atoms with Gasteiger partial charge in [0.2, 0.25) is 0 Å². The van der Waals surface area contributed by atoms with Crippen molar-refractivity contribution >= 4 is 62.6 Å². The lowest BCUT2D eigenvalue weighted by atomic mass is 10.1. The number of hydrazone groups is 1. The van der Waals surface area contributed by atoms with Gasteiger partial charge < -0.3 is 21.1 Å². The number of rotatable bonds is 10. The number of ether oxygens (including phenoxy) is 1. The minimum Gasteiger partial charge on any atom is -0.494 e. The third-order valence-corrected chi connectivity index (χ3v) is 5.87. The third kappa shape index (κ3) is 7.59. The molecule has 11 heteroatoms. The molecule has 9 nitrogen and oxygen atoms in total. The molecule has 0 unspecified atom stereocenters. The number of thiazole rings is 1. The molecule has 0 atom stereocenters. The van der Waals surface area contributed by atoms with Gasteiger partial charge in [-0.25, -0.2) is 4.98 Å². The number of thiocarbonyl (C=S) groups is 1. The van der Waals surface area contributed by atoms with Gasteiger partial charge in [-0.1, -0.05) is 29.0 Å².